The SMILES string of the molecule is Cc1ccccc1N1CCN(C(=O)c2ccc(C(C)C)cc2)CC1. The number of nitrogens with zero attached hydrogens (tertiary/aromatic N) is 2. The molecule has 0 aliphatic carbocycles. The lowest BCUT2D eigenvalue weighted by Crippen LogP contribution is -2.49. The van der Waals surface area contributed by atoms with Gasteiger partial charge in [-0.2, -0.15) is 0 Å². The Morgan fingerprint density at radius 3 is 2.12 bits per heavy atom. The zero-order chi connectivity index (χ0) is 17.1. The molecule has 3 rings (SSSR count). The number of anilines is 1. The van der Waals surface area contributed by atoms with E-state index in [1.54, 1.807) is 0 Å². The fourth-order valence-electron chi connectivity index (χ4n) is 3.26. The van der Waals surface area contributed by atoms with Crippen molar-refractivity contribution >= 4 is 11.6 Å². The smallest absolute Gasteiger partial charge is 0.253 e. The summed E-state index contributed by atoms with van der Waals surface area (Å²) in [6, 6.07) is 16.5. The van der Waals surface area contributed by atoms with Gasteiger partial charge in [-0.05, 0) is 42.2 Å². The lowest BCUT2D eigenvalue weighted by Gasteiger charge is -2.36. The first-order valence-corrected chi connectivity index (χ1v) is 8.76. The highest BCUT2D eigenvalue weighted by molar-refractivity contribution is 5.94. The number of para-hydroxylation sites is 1. The molecule has 0 unspecified atom stereocenters. The van der Waals surface area contributed by atoms with Crippen molar-refractivity contribution in [3.8, 4) is 0 Å². The Balaban J connectivity index is 1.64. The molecule has 2 aromatic carbocycles. The molecule has 1 saturated heterocycles. The Labute approximate surface area is 144 Å². The van der Waals surface area contributed by atoms with Crippen LogP contribution in [0.15, 0.2) is 48.5 Å². The molecular formula is C21H26N2O. The molecule has 126 valence electrons. The van der Waals surface area contributed by atoms with Crippen molar-refractivity contribution < 1.29 is 4.79 Å². The van der Waals surface area contributed by atoms with Crippen molar-refractivity contribution in [2.24, 2.45) is 0 Å². The minimum absolute atomic E-state index is 0.148. The molecule has 1 aliphatic rings. The molecule has 0 spiro atoms. The van der Waals surface area contributed by atoms with Crippen LogP contribution >= 0.6 is 0 Å². The average molecular weight is 322 g/mol. The summed E-state index contributed by atoms with van der Waals surface area (Å²) in [4.78, 5) is 17.0. The molecule has 0 radical (unpaired) electrons. The van der Waals surface area contributed by atoms with Crippen LogP contribution in [0, 0.1) is 6.92 Å². The van der Waals surface area contributed by atoms with Crippen LogP contribution in [-0.4, -0.2) is 37.0 Å². The highest BCUT2D eigenvalue weighted by Gasteiger charge is 2.22. The zero-order valence-corrected chi connectivity index (χ0v) is 14.8. The van der Waals surface area contributed by atoms with Gasteiger partial charge in [0.05, 0.1) is 0 Å². The van der Waals surface area contributed by atoms with Gasteiger partial charge < -0.3 is 9.80 Å². The van der Waals surface area contributed by atoms with Gasteiger partial charge in [0.25, 0.3) is 5.91 Å². The average Bonchev–Trinajstić information content (AvgIpc) is 2.62. The third-order valence-corrected chi connectivity index (χ3v) is 4.85. The molecule has 0 N–H and O–H groups in total. The summed E-state index contributed by atoms with van der Waals surface area (Å²) in [7, 11) is 0. The fourth-order valence-corrected chi connectivity index (χ4v) is 3.26. The zero-order valence-electron chi connectivity index (χ0n) is 14.8. The van der Waals surface area contributed by atoms with E-state index in [4.69, 9.17) is 0 Å². The predicted molar refractivity (Wildman–Crippen MR) is 99.8 cm³/mol. The Bertz CT molecular complexity index is 698. The number of hydrogen-bond donors (Lipinski definition) is 0. The second-order valence-electron chi connectivity index (χ2n) is 6.84. The van der Waals surface area contributed by atoms with Crippen LogP contribution in [0.3, 0.4) is 0 Å². The molecule has 1 amide bonds. The summed E-state index contributed by atoms with van der Waals surface area (Å²) >= 11 is 0. The maximum Gasteiger partial charge on any atom is 0.253 e. The largest absolute Gasteiger partial charge is 0.368 e. The molecule has 2 aromatic rings. The van der Waals surface area contributed by atoms with Gasteiger partial charge >= 0.3 is 0 Å². The van der Waals surface area contributed by atoms with Gasteiger partial charge in [-0.25, -0.2) is 0 Å². The van der Waals surface area contributed by atoms with Gasteiger partial charge in [-0.15, -0.1) is 0 Å². The van der Waals surface area contributed by atoms with E-state index in [-0.39, 0.29) is 5.91 Å². The predicted octanol–water partition coefficient (Wildman–Crippen LogP) is 4.08. The molecule has 3 heteroatoms. The van der Waals surface area contributed by atoms with E-state index in [1.165, 1.54) is 16.8 Å². The van der Waals surface area contributed by atoms with Gasteiger partial charge in [-0.1, -0.05) is 44.2 Å². The lowest BCUT2D eigenvalue weighted by molar-refractivity contribution is 0.0747. The highest BCUT2D eigenvalue weighted by atomic mass is 16.2. The van der Waals surface area contributed by atoms with Crippen LogP contribution in [0.4, 0.5) is 5.69 Å². The van der Waals surface area contributed by atoms with Crippen LogP contribution in [0.25, 0.3) is 0 Å². The second-order valence-corrected chi connectivity index (χ2v) is 6.84. The molecule has 1 fully saturated rings. The minimum Gasteiger partial charge on any atom is -0.368 e. The summed E-state index contributed by atoms with van der Waals surface area (Å²) in [5.74, 6) is 0.640. The molecule has 24 heavy (non-hydrogen) atoms. The maximum absolute atomic E-state index is 12.7. The van der Waals surface area contributed by atoms with E-state index >= 15 is 0 Å². The molecule has 1 aliphatic heterocycles. The number of carbonyl (C=O) groups is 1. The molecule has 0 saturated carbocycles. The van der Waals surface area contributed by atoms with Crippen molar-refractivity contribution in [2.75, 3.05) is 31.1 Å². The number of carbonyl (C=O) groups excluding carboxylic acids is 1. The van der Waals surface area contributed by atoms with E-state index in [1.807, 2.05) is 17.0 Å². The third kappa shape index (κ3) is 3.45. The molecule has 3 nitrogen and oxygen atoms in total. The van der Waals surface area contributed by atoms with Crippen molar-refractivity contribution in [3.05, 3.63) is 65.2 Å². The van der Waals surface area contributed by atoms with E-state index < -0.39 is 0 Å². The van der Waals surface area contributed by atoms with E-state index in [2.05, 4.69) is 62.1 Å². The van der Waals surface area contributed by atoms with E-state index in [0.29, 0.717) is 5.92 Å². The standard InChI is InChI=1S/C21H26N2O/c1-16(2)18-8-10-19(11-9-18)21(24)23-14-12-22(13-15-23)20-7-5-4-6-17(20)3/h4-11,16H,12-15H2,1-3H3. The summed E-state index contributed by atoms with van der Waals surface area (Å²) < 4.78 is 0. The molecule has 0 bridgehead atoms. The molecule has 0 atom stereocenters. The quantitative estimate of drug-likeness (QED) is 0.850. The number of benzene rings is 2. The number of amides is 1. The van der Waals surface area contributed by atoms with Gasteiger partial charge in [0.15, 0.2) is 0 Å². The molecular weight excluding hydrogens is 296 g/mol. The van der Waals surface area contributed by atoms with Crippen molar-refractivity contribution in [2.45, 2.75) is 26.7 Å². The normalized spacial score (nSPS) is 15.0. The van der Waals surface area contributed by atoms with Gasteiger partial charge in [-0.3, -0.25) is 4.79 Å². The summed E-state index contributed by atoms with van der Waals surface area (Å²) in [6.45, 7) is 9.81. The summed E-state index contributed by atoms with van der Waals surface area (Å²) in [6.07, 6.45) is 0. The second kappa shape index (κ2) is 7.08. The third-order valence-electron chi connectivity index (χ3n) is 4.85. The van der Waals surface area contributed by atoms with E-state index in [0.717, 1.165) is 31.7 Å². The lowest BCUT2D eigenvalue weighted by atomic mass is 10.0. The first-order chi connectivity index (χ1) is 11.6. The first-order valence-electron chi connectivity index (χ1n) is 8.76. The fraction of sp³-hybridized carbons (Fsp3) is 0.381. The minimum atomic E-state index is 0.148. The van der Waals surface area contributed by atoms with Crippen molar-refractivity contribution in [3.63, 3.8) is 0 Å². The number of piperazine rings is 1. The van der Waals surface area contributed by atoms with Crippen molar-refractivity contribution in [1.29, 1.82) is 0 Å². The summed E-state index contributed by atoms with van der Waals surface area (Å²) in [5, 5.41) is 0. The van der Waals surface area contributed by atoms with Crippen LogP contribution in [0.5, 0.6) is 0 Å². The highest BCUT2D eigenvalue weighted by Crippen LogP contribution is 2.22. The molecule has 1 heterocycles. The Kier molecular flexibility index (Phi) is 4.89. The monoisotopic (exact) mass is 322 g/mol. The molecule has 0 aromatic heterocycles. The van der Waals surface area contributed by atoms with Gasteiger partial charge in [0.2, 0.25) is 0 Å². The Hall–Kier alpha value is -2.29. The van der Waals surface area contributed by atoms with Gasteiger partial charge in [0, 0.05) is 37.4 Å². The number of hydrogen-bond acceptors (Lipinski definition) is 2. The first kappa shape index (κ1) is 16.6. The van der Waals surface area contributed by atoms with E-state index in [9.17, 15) is 4.79 Å². The topological polar surface area (TPSA) is 23.6 Å². The maximum atomic E-state index is 12.7. The Morgan fingerprint density at radius 2 is 1.54 bits per heavy atom. The van der Waals surface area contributed by atoms with Crippen LogP contribution in [-0.2, 0) is 0 Å². The number of rotatable bonds is 3. The van der Waals surface area contributed by atoms with Crippen LogP contribution in [0.2, 0.25) is 0 Å². The Morgan fingerprint density at radius 1 is 0.917 bits per heavy atom. The van der Waals surface area contributed by atoms with Crippen LogP contribution < -0.4 is 4.90 Å². The van der Waals surface area contributed by atoms with Crippen molar-refractivity contribution in [1.82, 2.24) is 4.90 Å². The van der Waals surface area contributed by atoms with Gasteiger partial charge in [0.1, 0.15) is 0 Å². The summed E-state index contributed by atoms with van der Waals surface area (Å²) in [5.41, 5.74) is 4.65. The van der Waals surface area contributed by atoms with Crippen LogP contribution in [0.1, 0.15) is 41.3 Å². The number of aryl methyl sites for hydroxylation is 1.